The topological polar surface area (TPSA) is 24.5 Å². The van der Waals surface area contributed by atoms with Crippen molar-refractivity contribution in [3.63, 3.8) is 0 Å². The van der Waals surface area contributed by atoms with Crippen molar-refractivity contribution < 1.29 is 4.74 Å². The maximum Gasteiger partial charge on any atom is 0.0855 e. The van der Waals surface area contributed by atoms with Gasteiger partial charge in [0.15, 0.2) is 0 Å². The smallest absolute Gasteiger partial charge is 0.0855 e. The van der Waals surface area contributed by atoms with Crippen LogP contribution in [0.15, 0.2) is 17.5 Å². The largest absolute Gasteiger partial charge is 0.374 e. The molecule has 3 nitrogen and oxygen atoms in total. The second kappa shape index (κ2) is 8.13. The highest BCUT2D eigenvalue weighted by atomic mass is 32.1. The summed E-state index contributed by atoms with van der Waals surface area (Å²) >= 11 is 1.86. The van der Waals surface area contributed by atoms with Crippen molar-refractivity contribution in [2.45, 2.75) is 51.8 Å². The molecular weight excluding hydrogens is 268 g/mol. The van der Waals surface area contributed by atoms with Crippen LogP contribution in [0, 0.1) is 0 Å². The average molecular weight is 296 g/mol. The van der Waals surface area contributed by atoms with Crippen molar-refractivity contribution in [2.24, 2.45) is 0 Å². The third-order valence-electron chi connectivity index (χ3n) is 4.05. The maximum absolute atomic E-state index is 6.04. The van der Waals surface area contributed by atoms with Crippen molar-refractivity contribution >= 4 is 11.3 Å². The molecule has 1 aromatic rings. The molecule has 0 amide bonds. The van der Waals surface area contributed by atoms with Gasteiger partial charge in [0.05, 0.1) is 12.7 Å². The van der Waals surface area contributed by atoms with E-state index in [1.54, 1.807) is 0 Å². The van der Waals surface area contributed by atoms with Gasteiger partial charge in [0.25, 0.3) is 0 Å². The zero-order valence-corrected chi connectivity index (χ0v) is 13.8. The molecule has 4 heteroatoms. The van der Waals surface area contributed by atoms with E-state index in [0.29, 0.717) is 18.2 Å². The highest BCUT2D eigenvalue weighted by molar-refractivity contribution is 7.09. The monoisotopic (exact) mass is 296 g/mol. The highest BCUT2D eigenvalue weighted by Crippen LogP contribution is 2.17. The quantitative estimate of drug-likeness (QED) is 0.837. The molecule has 20 heavy (non-hydrogen) atoms. The minimum Gasteiger partial charge on any atom is -0.374 e. The molecule has 2 unspecified atom stereocenters. The molecule has 2 atom stereocenters. The molecule has 1 saturated heterocycles. The van der Waals surface area contributed by atoms with E-state index in [-0.39, 0.29) is 0 Å². The molecule has 1 aliphatic rings. The number of morpholine rings is 1. The summed E-state index contributed by atoms with van der Waals surface area (Å²) in [5.41, 5.74) is 0. The molecule has 114 valence electrons. The molecule has 0 aromatic carbocycles. The first kappa shape index (κ1) is 16.0. The summed E-state index contributed by atoms with van der Waals surface area (Å²) in [7, 11) is 0. The fourth-order valence-corrected chi connectivity index (χ4v) is 3.57. The number of nitrogens with zero attached hydrogens (tertiary/aromatic N) is 1. The standard InChI is InChI=1S/C16H28N2OS/c1-4-17-15(8-7-14-6-5-11-20-14)16-12-18(13(2)3)9-10-19-16/h5-6,11,13,15-17H,4,7-10,12H2,1-3H3. The fraction of sp³-hybridized carbons (Fsp3) is 0.750. The zero-order chi connectivity index (χ0) is 14.4. The van der Waals surface area contributed by atoms with Gasteiger partial charge in [0, 0.05) is 30.1 Å². The second-order valence-electron chi connectivity index (χ2n) is 5.78. The molecule has 1 aromatic heterocycles. The first-order valence-corrected chi connectivity index (χ1v) is 8.70. The molecule has 0 spiro atoms. The zero-order valence-electron chi connectivity index (χ0n) is 13.0. The maximum atomic E-state index is 6.04. The number of likely N-dealkylation sites (N-methyl/N-ethyl adjacent to an activating group) is 1. The second-order valence-corrected chi connectivity index (χ2v) is 6.81. The fourth-order valence-electron chi connectivity index (χ4n) is 2.84. The van der Waals surface area contributed by atoms with Crippen molar-refractivity contribution in [2.75, 3.05) is 26.2 Å². The van der Waals surface area contributed by atoms with Gasteiger partial charge < -0.3 is 10.1 Å². The van der Waals surface area contributed by atoms with Crippen molar-refractivity contribution in [3.8, 4) is 0 Å². The molecule has 0 bridgehead atoms. The van der Waals surface area contributed by atoms with Gasteiger partial charge in [-0.2, -0.15) is 0 Å². The summed E-state index contributed by atoms with van der Waals surface area (Å²) in [6.07, 6.45) is 2.63. The van der Waals surface area contributed by atoms with E-state index in [0.717, 1.165) is 39.1 Å². The van der Waals surface area contributed by atoms with Gasteiger partial charge in [-0.15, -0.1) is 11.3 Å². The Kier molecular flexibility index (Phi) is 6.49. The first-order valence-electron chi connectivity index (χ1n) is 7.82. The van der Waals surface area contributed by atoms with E-state index in [1.807, 2.05) is 11.3 Å². The summed E-state index contributed by atoms with van der Waals surface area (Å²) in [4.78, 5) is 4.01. The van der Waals surface area contributed by atoms with Gasteiger partial charge in [-0.3, -0.25) is 4.90 Å². The molecule has 1 fully saturated rings. The third-order valence-corrected chi connectivity index (χ3v) is 4.99. The number of hydrogen-bond donors (Lipinski definition) is 1. The molecule has 1 aliphatic heterocycles. The molecule has 2 rings (SSSR count). The van der Waals surface area contributed by atoms with Crippen molar-refractivity contribution in [3.05, 3.63) is 22.4 Å². The Labute approximate surface area is 127 Å². The van der Waals surface area contributed by atoms with Crippen LogP contribution in [0.2, 0.25) is 0 Å². The average Bonchev–Trinajstić information content (AvgIpc) is 2.97. The lowest BCUT2D eigenvalue weighted by atomic mass is 10.0. The van der Waals surface area contributed by atoms with E-state index in [1.165, 1.54) is 4.88 Å². The predicted molar refractivity (Wildman–Crippen MR) is 86.6 cm³/mol. The Bertz CT molecular complexity index is 367. The number of nitrogens with one attached hydrogen (secondary N) is 1. The molecule has 0 saturated carbocycles. The number of thiophene rings is 1. The number of ether oxygens (including phenoxy) is 1. The van der Waals surface area contributed by atoms with Gasteiger partial charge >= 0.3 is 0 Å². The Hall–Kier alpha value is -0.420. The minimum absolute atomic E-state index is 0.325. The lowest BCUT2D eigenvalue weighted by Crippen LogP contribution is -2.53. The van der Waals surface area contributed by atoms with Gasteiger partial charge in [0.1, 0.15) is 0 Å². The van der Waals surface area contributed by atoms with E-state index >= 15 is 0 Å². The Balaban J connectivity index is 1.89. The number of aryl methyl sites for hydroxylation is 1. The lowest BCUT2D eigenvalue weighted by molar-refractivity contribution is -0.0562. The van der Waals surface area contributed by atoms with Crippen molar-refractivity contribution in [1.29, 1.82) is 0 Å². The molecule has 0 aliphatic carbocycles. The van der Waals surface area contributed by atoms with Crippen LogP contribution in [0.4, 0.5) is 0 Å². The van der Waals surface area contributed by atoms with E-state index in [2.05, 4.69) is 48.5 Å². The van der Waals surface area contributed by atoms with Crippen molar-refractivity contribution in [1.82, 2.24) is 10.2 Å². The predicted octanol–water partition coefficient (Wildman–Crippen LogP) is 2.77. The summed E-state index contributed by atoms with van der Waals surface area (Å²) in [5, 5.41) is 5.79. The van der Waals surface area contributed by atoms with Crippen LogP contribution in [0.1, 0.15) is 32.1 Å². The summed E-state index contributed by atoms with van der Waals surface area (Å²) < 4.78 is 6.04. The lowest BCUT2D eigenvalue weighted by Gasteiger charge is -2.39. The Morgan fingerprint density at radius 3 is 3.00 bits per heavy atom. The Morgan fingerprint density at radius 1 is 1.50 bits per heavy atom. The van der Waals surface area contributed by atoms with Crippen LogP contribution < -0.4 is 5.32 Å². The van der Waals surface area contributed by atoms with Gasteiger partial charge in [-0.25, -0.2) is 0 Å². The summed E-state index contributed by atoms with van der Waals surface area (Å²) in [6, 6.07) is 5.44. The van der Waals surface area contributed by atoms with Gasteiger partial charge in [0.2, 0.25) is 0 Å². The van der Waals surface area contributed by atoms with Gasteiger partial charge in [-0.05, 0) is 44.7 Å². The van der Waals surface area contributed by atoms with Crippen LogP contribution in [0.3, 0.4) is 0 Å². The van der Waals surface area contributed by atoms with E-state index in [9.17, 15) is 0 Å². The van der Waals surface area contributed by atoms with Crippen LogP contribution in [-0.2, 0) is 11.2 Å². The SMILES string of the molecule is CCNC(CCc1cccs1)C1CN(C(C)C)CCO1. The van der Waals surface area contributed by atoms with E-state index in [4.69, 9.17) is 4.74 Å². The molecule has 2 heterocycles. The van der Waals surface area contributed by atoms with Crippen LogP contribution >= 0.6 is 11.3 Å². The minimum atomic E-state index is 0.325. The summed E-state index contributed by atoms with van der Waals surface area (Å²) in [6.45, 7) is 10.7. The molecular formula is C16H28N2OS. The Morgan fingerprint density at radius 2 is 2.35 bits per heavy atom. The van der Waals surface area contributed by atoms with Crippen LogP contribution in [0.25, 0.3) is 0 Å². The van der Waals surface area contributed by atoms with Gasteiger partial charge in [-0.1, -0.05) is 13.0 Å². The normalized spacial score (nSPS) is 22.3. The molecule has 0 radical (unpaired) electrons. The molecule has 1 N–H and O–H groups in total. The van der Waals surface area contributed by atoms with Crippen LogP contribution in [-0.4, -0.2) is 49.3 Å². The first-order chi connectivity index (χ1) is 9.70. The highest BCUT2D eigenvalue weighted by Gasteiger charge is 2.28. The van der Waals surface area contributed by atoms with E-state index < -0.39 is 0 Å². The third kappa shape index (κ3) is 4.55. The number of hydrogen-bond acceptors (Lipinski definition) is 4. The summed E-state index contributed by atoms with van der Waals surface area (Å²) in [5.74, 6) is 0. The van der Waals surface area contributed by atoms with Crippen LogP contribution in [0.5, 0.6) is 0 Å². The number of rotatable bonds is 7.